The first kappa shape index (κ1) is 22.5. The average molecular weight is 493 g/mol. The second-order valence-electron chi connectivity index (χ2n) is 6.97. The van der Waals surface area contributed by atoms with E-state index < -0.39 is 36.0 Å². The number of nitrogens with zero attached hydrogens (tertiary/aromatic N) is 3. The summed E-state index contributed by atoms with van der Waals surface area (Å²) in [6, 6.07) is 5.78. The van der Waals surface area contributed by atoms with Crippen molar-refractivity contribution < 1.29 is 31.5 Å². The SMILES string of the molecule is O=C(Cn1nc(C(F)(F)F)c(Cl)c1C1CC1)Nc1nc(-c2ccc(OC(F)F)cc2)cs1. The molecule has 0 bridgehead atoms. The third-order valence-electron chi connectivity index (χ3n) is 4.58. The molecule has 0 aliphatic heterocycles. The van der Waals surface area contributed by atoms with Gasteiger partial charge in [-0.15, -0.1) is 11.3 Å². The second kappa shape index (κ2) is 8.66. The molecule has 1 aliphatic rings. The van der Waals surface area contributed by atoms with Crippen LogP contribution in [0.25, 0.3) is 11.3 Å². The maximum atomic E-state index is 13.1. The van der Waals surface area contributed by atoms with Gasteiger partial charge in [-0.05, 0) is 37.1 Å². The lowest BCUT2D eigenvalue weighted by Crippen LogP contribution is -2.21. The fourth-order valence-electron chi connectivity index (χ4n) is 3.07. The number of aromatic nitrogens is 3. The number of ether oxygens (including phenoxy) is 1. The molecule has 1 amide bonds. The molecule has 32 heavy (non-hydrogen) atoms. The molecule has 0 radical (unpaired) electrons. The van der Waals surface area contributed by atoms with Crippen molar-refractivity contribution in [3.63, 3.8) is 0 Å². The topological polar surface area (TPSA) is 69.0 Å². The Balaban J connectivity index is 1.45. The van der Waals surface area contributed by atoms with Crippen LogP contribution in [0.2, 0.25) is 5.02 Å². The third kappa shape index (κ3) is 5.01. The van der Waals surface area contributed by atoms with E-state index in [0.717, 1.165) is 16.0 Å². The van der Waals surface area contributed by atoms with Gasteiger partial charge in [0.05, 0.1) is 16.4 Å². The smallest absolute Gasteiger partial charge is 0.435 e. The summed E-state index contributed by atoms with van der Waals surface area (Å²) < 4.78 is 69.2. The van der Waals surface area contributed by atoms with Crippen molar-refractivity contribution in [1.82, 2.24) is 14.8 Å². The zero-order valence-electron chi connectivity index (χ0n) is 16.0. The second-order valence-corrected chi connectivity index (χ2v) is 8.20. The van der Waals surface area contributed by atoms with Crippen molar-refractivity contribution in [3.8, 4) is 17.0 Å². The maximum absolute atomic E-state index is 13.1. The predicted molar refractivity (Wildman–Crippen MR) is 107 cm³/mol. The van der Waals surface area contributed by atoms with Crippen LogP contribution in [0.1, 0.15) is 30.1 Å². The minimum Gasteiger partial charge on any atom is -0.435 e. The number of halogens is 6. The molecule has 0 unspecified atom stereocenters. The maximum Gasteiger partial charge on any atom is 0.436 e. The summed E-state index contributed by atoms with van der Waals surface area (Å²) in [5.74, 6) is -0.765. The number of anilines is 1. The van der Waals surface area contributed by atoms with E-state index in [1.54, 1.807) is 5.38 Å². The molecule has 3 aromatic rings. The molecule has 1 aromatic carbocycles. The van der Waals surface area contributed by atoms with Crippen molar-refractivity contribution in [3.05, 3.63) is 46.1 Å². The predicted octanol–water partition coefficient (Wildman–Crippen LogP) is 5.80. The van der Waals surface area contributed by atoms with Gasteiger partial charge in [-0.1, -0.05) is 11.6 Å². The van der Waals surface area contributed by atoms with E-state index in [1.165, 1.54) is 24.3 Å². The highest BCUT2D eigenvalue weighted by molar-refractivity contribution is 7.14. The Kier molecular flexibility index (Phi) is 6.08. The Morgan fingerprint density at radius 2 is 1.97 bits per heavy atom. The lowest BCUT2D eigenvalue weighted by atomic mass is 10.2. The molecule has 2 aromatic heterocycles. The van der Waals surface area contributed by atoms with Crippen LogP contribution < -0.4 is 10.1 Å². The zero-order chi connectivity index (χ0) is 23.0. The first-order valence-electron chi connectivity index (χ1n) is 9.26. The number of amides is 1. The van der Waals surface area contributed by atoms with Crippen LogP contribution in [-0.2, 0) is 17.5 Å². The molecule has 2 heterocycles. The normalized spacial score (nSPS) is 14.1. The molecule has 0 spiro atoms. The molecule has 1 N–H and O–H groups in total. The summed E-state index contributed by atoms with van der Waals surface area (Å²) in [4.78, 5) is 16.7. The van der Waals surface area contributed by atoms with E-state index >= 15 is 0 Å². The first-order chi connectivity index (χ1) is 15.1. The molecule has 0 atom stereocenters. The van der Waals surface area contributed by atoms with Gasteiger partial charge in [0.1, 0.15) is 12.3 Å². The van der Waals surface area contributed by atoms with Gasteiger partial charge in [0.25, 0.3) is 0 Å². The summed E-state index contributed by atoms with van der Waals surface area (Å²) in [7, 11) is 0. The van der Waals surface area contributed by atoms with Crippen LogP contribution in [0.5, 0.6) is 5.75 Å². The van der Waals surface area contributed by atoms with Crippen LogP contribution in [0.3, 0.4) is 0 Å². The number of alkyl halides is 5. The Labute approximate surface area is 187 Å². The van der Waals surface area contributed by atoms with Crippen molar-refractivity contribution in [2.24, 2.45) is 0 Å². The summed E-state index contributed by atoms with van der Waals surface area (Å²) in [6.07, 6.45) is -3.36. The monoisotopic (exact) mass is 492 g/mol. The minimum absolute atomic E-state index is 0.00455. The van der Waals surface area contributed by atoms with E-state index in [0.29, 0.717) is 24.1 Å². The number of hydrogen-bond donors (Lipinski definition) is 1. The van der Waals surface area contributed by atoms with E-state index in [4.69, 9.17) is 11.6 Å². The molecule has 1 aliphatic carbocycles. The number of carbonyl (C=O) groups is 1. The Hall–Kier alpha value is -2.73. The molecule has 13 heteroatoms. The number of carbonyl (C=O) groups excluding carboxylic acids is 1. The molecule has 1 fully saturated rings. The van der Waals surface area contributed by atoms with Crippen LogP contribution in [-0.4, -0.2) is 27.3 Å². The fourth-order valence-corrected chi connectivity index (χ4v) is 4.20. The average Bonchev–Trinajstić information content (AvgIpc) is 3.33. The van der Waals surface area contributed by atoms with Gasteiger partial charge in [0.2, 0.25) is 5.91 Å². The third-order valence-corrected chi connectivity index (χ3v) is 5.71. The van der Waals surface area contributed by atoms with Gasteiger partial charge in [-0.3, -0.25) is 9.48 Å². The molecule has 6 nitrogen and oxygen atoms in total. The number of rotatable bonds is 7. The van der Waals surface area contributed by atoms with Crippen LogP contribution in [0, 0.1) is 0 Å². The van der Waals surface area contributed by atoms with E-state index in [1.807, 2.05) is 0 Å². The van der Waals surface area contributed by atoms with Crippen molar-refractivity contribution in [2.75, 3.05) is 5.32 Å². The zero-order valence-corrected chi connectivity index (χ0v) is 17.6. The van der Waals surface area contributed by atoms with Crippen LogP contribution in [0.15, 0.2) is 29.6 Å². The molecule has 0 saturated heterocycles. The number of thiazole rings is 1. The summed E-state index contributed by atoms with van der Waals surface area (Å²) in [6.45, 7) is -3.38. The summed E-state index contributed by atoms with van der Waals surface area (Å²) in [5, 5.41) is 7.45. The first-order valence-corrected chi connectivity index (χ1v) is 10.5. The molecule has 170 valence electrons. The lowest BCUT2D eigenvalue weighted by Gasteiger charge is -2.06. The highest BCUT2D eigenvalue weighted by Gasteiger charge is 2.42. The molecule has 4 rings (SSSR count). The minimum atomic E-state index is -4.72. The summed E-state index contributed by atoms with van der Waals surface area (Å²) >= 11 is 7.01. The van der Waals surface area contributed by atoms with Gasteiger partial charge in [0, 0.05) is 16.9 Å². The van der Waals surface area contributed by atoms with Crippen molar-refractivity contribution in [2.45, 2.75) is 38.1 Å². The van der Waals surface area contributed by atoms with Gasteiger partial charge in [-0.25, -0.2) is 4.98 Å². The quantitative estimate of drug-likeness (QED) is 0.423. The molecule has 1 saturated carbocycles. The van der Waals surface area contributed by atoms with Gasteiger partial charge >= 0.3 is 12.8 Å². The number of nitrogens with one attached hydrogen (secondary N) is 1. The highest BCUT2D eigenvalue weighted by Crippen LogP contribution is 2.46. The van der Waals surface area contributed by atoms with Crippen molar-refractivity contribution >= 4 is 34.0 Å². The Bertz CT molecular complexity index is 1130. The fraction of sp³-hybridized carbons (Fsp3) is 0.316. The molecular weight excluding hydrogens is 479 g/mol. The number of hydrogen-bond acceptors (Lipinski definition) is 5. The van der Waals surface area contributed by atoms with Crippen molar-refractivity contribution in [1.29, 1.82) is 0 Å². The number of benzene rings is 1. The largest absolute Gasteiger partial charge is 0.436 e. The lowest BCUT2D eigenvalue weighted by molar-refractivity contribution is -0.141. The standard InChI is InChI=1S/C19H14ClF5N4O2S/c20-14-15(10-1-2-10)29(28-16(14)19(23,24)25)7-13(30)27-18-26-12(8-32-18)9-3-5-11(6-4-9)31-17(21)22/h3-6,8,10,17H,1-2,7H2,(H,26,27,30). The van der Waals surface area contributed by atoms with Crippen LogP contribution >= 0.6 is 22.9 Å². The van der Waals surface area contributed by atoms with E-state index in [-0.39, 0.29) is 22.5 Å². The van der Waals surface area contributed by atoms with E-state index in [9.17, 15) is 26.7 Å². The van der Waals surface area contributed by atoms with Gasteiger partial charge in [0.15, 0.2) is 10.8 Å². The summed E-state index contributed by atoms with van der Waals surface area (Å²) in [5.41, 5.74) is 0.0897. The van der Waals surface area contributed by atoms with Gasteiger partial charge in [-0.2, -0.15) is 27.1 Å². The Morgan fingerprint density at radius 3 is 2.56 bits per heavy atom. The van der Waals surface area contributed by atoms with Crippen LogP contribution in [0.4, 0.5) is 27.1 Å². The van der Waals surface area contributed by atoms with E-state index in [2.05, 4.69) is 20.1 Å². The Morgan fingerprint density at radius 1 is 1.28 bits per heavy atom. The molecular formula is C19H14ClF5N4O2S. The van der Waals surface area contributed by atoms with Gasteiger partial charge < -0.3 is 10.1 Å². The highest BCUT2D eigenvalue weighted by atomic mass is 35.5.